The summed E-state index contributed by atoms with van der Waals surface area (Å²) in [6, 6.07) is 4.30. The van der Waals surface area contributed by atoms with Crippen LogP contribution in [0.15, 0.2) is 18.3 Å². The maximum atomic E-state index is 12.2. The molecular weight excluding hydrogens is 288 g/mol. The second-order valence-electron chi connectivity index (χ2n) is 6.88. The molecule has 0 radical (unpaired) electrons. The van der Waals surface area contributed by atoms with Crippen LogP contribution in [0.1, 0.15) is 49.9 Å². The van der Waals surface area contributed by atoms with Gasteiger partial charge in [-0.05, 0) is 50.9 Å². The Hall–Kier alpha value is -1.62. The molecule has 2 N–H and O–H groups in total. The van der Waals surface area contributed by atoms with Crippen molar-refractivity contribution in [1.82, 2.24) is 15.2 Å². The molecule has 0 saturated carbocycles. The summed E-state index contributed by atoms with van der Waals surface area (Å²) < 4.78 is 0. The van der Waals surface area contributed by atoms with Gasteiger partial charge in [-0.15, -0.1) is 0 Å². The van der Waals surface area contributed by atoms with Crippen molar-refractivity contribution in [3.63, 3.8) is 0 Å². The third-order valence-corrected chi connectivity index (χ3v) is 4.40. The first-order chi connectivity index (χ1) is 11.1. The Bertz CT molecular complexity index is 486. The van der Waals surface area contributed by atoms with Gasteiger partial charge in [0, 0.05) is 25.3 Å². The van der Waals surface area contributed by atoms with Crippen molar-refractivity contribution in [2.75, 3.05) is 32.0 Å². The molecule has 1 saturated heterocycles. The van der Waals surface area contributed by atoms with E-state index in [9.17, 15) is 4.79 Å². The number of hydrogen-bond acceptors (Lipinski definition) is 4. The van der Waals surface area contributed by atoms with Crippen LogP contribution in [0.25, 0.3) is 0 Å². The SMILES string of the molecule is CC(C)CNc1ccc(C(=O)NCC[C@@H]2CCCCN2C)cn1. The fourth-order valence-electron chi connectivity index (χ4n) is 2.90. The molecule has 1 aromatic rings. The van der Waals surface area contributed by atoms with E-state index in [2.05, 4.69) is 41.4 Å². The molecule has 128 valence electrons. The summed E-state index contributed by atoms with van der Waals surface area (Å²) in [4.78, 5) is 18.9. The number of carbonyl (C=O) groups excluding carboxylic acids is 1. The zero-order chi connectivity index (χ0) is 16.7. The van der Waals surface area contributed by atoms with Gasteiger partial charge >= 0.3 is 0 Å². The topological polar surface area (TPSA) is 57.3 Å². The van der Waals surface area contributed by atoms with E-state index < -0.39 is 0 Å². The van der Waals surface area contributed by atoms with Crippen LogP contribution in [-0.2, 0) is 0 Å². The zero-order valence-electron chi connectivity index (χ0n) is 14.6. The molecule has 0 aliphatic carbocycles. The minimum absolute atomic E-state index is 0.0358. The van der Waals surface area contributed by atoms with Crippen molar-refractivity contribution in [3.8, 4) is 0 Å². The number of nitrogens with one attached hydrogen (secondary N) is 2. The molecule has 1 aliphatic rings. The van der Waals surface area contributed by atoms with Gasteiger partial charge in [0.15, 0.2) is 0 Å². The lowest BCUT2D eigenvalue weighted by Crippen LogP contribution is -2.39. The van der Waals surface area contributed by atoms with E-state index in [1.807, 2.05) is 12.1 Å². The number of piperidine rings is 1. The number of anilines is 1. The fraction of sp³-hybridized carbons (Fsp3) is 0.667. The van der Waals surface area contributed by atoms with Crippen LogP contribution in [0, 0.1) is 5.92 Å². The van der Waals surface area contributed by atoms with Crippen molar-refractivity contribution in [1.29, 1.82) is 0 Å². The van der Waals surface area contributed by atoms with Crippen LogP contribution < -0.4 is 10.6 Å². The average Bonchev–Trinajstić information content (AvgIpc) is 2.55. The largest absolute Gasteiger partial charge is 0.370 e. The number of hydrogen-bond donors (Lipinski definition) is 2. The molecular formula is C18H30N4O. The summed E-state index contributed by atoms with van der Waals surface area (Å²) in [7, 11) is 2.18. The number of pyridine rings is 1. The third kappa shape index (κ3) is 5.82. The summed E-state index contributed by atoms with van der Waals surface area (Å²) in [5.74, 6) is 1.35. The Morgan fingerprint density at radius 2 is 2.22 bits per heavy atom. The summed E-state index contributed by atoms with van der Waals surface area (Å²) >= 11 is 0. The van der Waals surface area contributed by atoms with Gasteiger partial charge in [0.25, 0.3) is 5.91 Å². The predicted molar refractivity (Wildman–Crippen MR) is 94.8 cm³/mol. The highest BCUT2D eigenvalue weighted by Crippen LogP contribution is 2.17. The Kier molecular flexibility index (Phi) is 6.84. The summed E-state index contributed by atoms with van der Waals surface area (Å²) in [5, 5.41) is 6.26. The van der Waals surface area contributed by atoms with Gasteiger partial charge in [-0.1, -0.05) is 20.3 Å². The molecule has 0 spiro atoms. The Morgan fingerprint density at radius 1 is 1.39 bits per heavy atom. The molecule has 1 atom stereocenters. The molecule has 5 nitrogen and oxygen atoms in total. The molecule has 0 aromatic carbocycles. The van der Waals surface area contributed by atoms with Gasteiger partial charge in [0.2, 0.25) is 0 Å². The molecule has 1 amide bonds. The van der Waals surface area contributed by atoms with E-state index in [1.54, 1.807) is 6.20 Å². The monoisotopic (exact) mass is 318 g/mol. The van der Waals surface area contributed by atoms with Crippen LogP contribution in [0.3, 0.4) is 0 Å². The fourth-order valence-corrected chi connectivity index (χ4v) is 2.90. The van der Waals surface area contributed by atoms with Crippen LogP contribution in [0.5, 0.6) is 0 Å². The average molecular weight is 318 g/mol. The predicted octanol–water partition coefficient (Wildman–Crippen LogP) is 2.75. The van der Waals surface area contributed by atoms with Gasteiger partial charge in [-0.2, -0.15) is 0 Å². The number of likely N-dealkylation sites (tertiary alicyclic amines) is 1. The molecule has 1 aliphatic heterocycles. The van der Waals surface area contributed by atoms with Crippen LogP contribution in [0.2, 0.25) is 0 Å². The van der Waals surface area contributed by atoms with Gasteiger partial charge in [-0.3, -0.25) is 4.79 Å². The number of amides is 1. The van der Waals surface area contributed by atoms with E-state index in [1.165, 1.54) is 25.8 Å². The van der Waals surface area contributed by atoms with E-state index in [-0.39, 0.29) is 5.91 Å². The van der Waals surface area contributed by atoms with Crippen molar-refractivity contribution in [3.05, 3.63) is 23.9 Å². The highest BCUT2D eigenvalue weighted by atomic mass is 16.1. The van der Waals surface area contributed by atoms with E-state index in [0.717, 1.165) is 25.3 Å². The Labute approximate surface area is 139 Å². The molecule has 1 aromatic heterocycles. The van der Waals surface area contributed by atoms with Gasteiger partial charge in [0.05, 0.1) is 5.56 Å². The maximum absolute atomic E-state index is 12.2. The molecule has 2 rings (SSSR count). The van der Waals surface area contributed by atoms with E-state index in [4.69, 9.17) is 0 Å². The molecule has 23 heavy (non-hydrogen) atoms. The smallest absolute Gasteiger partial charge is 0.252 e. The zero-order valence-corrected chi connectivity index (χ0v) is 14.6. The molecule has 0 bridgehead atoms. The number of carbonyl (C=O) groups is 1. The van der Waals surface area contributed by atoms with Crippen molar-refractivity contribution in [2.24, 2.45) is 5.92 Å². The first-order valence-corrected chi connectivity index (χ1v) is 8.74. The molecule has 0 unspecified atom stereocenters. The van der Waals surface area contributed by atoms with Gasteiger partial charge < -0.3 is 15.5 Å². The van der Waals surface area contributed by atoms with Gasteiger partial charge in [-0.25, -0.2) is 4.98 Å². The van der Waals surface area contributed by atoms with Crippen molar-refractivity contribution >= 4 is 11.7 Å². The minimum Gasteiger partial charge on any atom is -0.370 e. The normalized spacial score (nSPS) is 18.9. The lowest BCUT2D eigenvalue weighted by atomic mass is 10.0. The molecule has 2 heterocycles. The van der Waals surface area contributed by atoms with Crippen molar-refractivity contribution in [2.45, 2.75) is 45.6 Å². The summed E-state index contributed by atoms with van der Waals surface area (Å²) in [6.07, 6.45) is 6.50. The van der Waals surface area contributed by atoms with Crippen molar-refractivity contribution < 1.29 is 4.79 Å². The molecule has 5 heteroatoms. The highest BCUT2D eigenvalue weighted by Gasteiger charge is 2.18. The Morgan fingerprint density at radius 3 is 2.87 bits per heavy atom. The quantitative estimate of drug-likeness (QED) is 0.811. The first kappa shape index (κ1) is 17.7. The maximum Gasteiger partial charge on any atom is 0.252 e. The van der Waals surface area contributed by atoms with E-state index in [0.29, 0.717) is 17.5 Å². The van der Waals surface area contributed by atoms with Gasteiger partial charge in [0.1, 0.15) is 5.82 Å². The third-order valence-electron chi connectivity index (χ3n) is 4.40. The standard InChI is InChI=1S/C18H30N4O/c1-14(2)12-20-17-8-7-15(13-21-17)18(23)19-10-9-16-6-4-5-11-22(16)3/h7-8,13-14,16H,4-6,9-12H2,1-3H3,(H,19,23)(H,20,21)/t16-/m0/s1. The number of rotatable bonds is 7. The lowest BCUT2D eigenvalue weighted by molar-refractivity contribution is 0.0945. The second kappa shape index (κ2) is 8.87. The first-order valence-electron chi connectivity index (χ1n) is 8.74. The Balaban J connectivity index is 1.74. The summed E-state index contributed by atoms with van der Waals surface area (Å²) in [5.41, 5.74) is 0.622. The highest BCUT2D eigenvalue weighted by molar-refractivity contribution is 5.94. The molecule has 1 fully saturated rings. The van der Waals surface area contributed by atoms with E-state index >= 15 is 0 Å². The second-order valence-corrected chi connectivity index (χ2v) is 6.88. The van der Waals surface area contributed by atoms with Crippen LogP contribution in [0.4, 0.5) is 5.82 Å². The number of aromatic nitrogens is 1. The summed E-state index contributed by atoms with van der Waals surface area (Å²) in [6.45, 7) is 7.08. The minimum atomic E-state index is -0.0358. The lowest BCUT2D eigenvalue weighted by Gasteiger charge is -2.32. The van der Waals surface area contributed by atoms with Crippen LogP contribution >= 0.6 is 0 Å². The number of nitrogens with zero attached hydrogens (tertiary/aromatic N) is 2. The van der Waals surface area contributed by atoms with Crippen LogP contribution in [-0.4, -0.2) is 48.5 Å².